The molecule has 5 nitrogen and oxygen atoms in total. The Morgan fingerprint density at radius 3 is 2.65 bits per heavy atom. The summed E-state index contributed by atoms with van der Waals surface area (Å²) in [5.74, 6) is -0.337. The fourth-order valence-electron chi connectivity index (χ4n) is 2.48. The second-order valence-corrected chi connectivity index (χ2v) is 5.41. The maximum absolute atomic E-state index is 12.1. The van der Waals surface area contributed by atoms with E-state index in [-0.39, 0.29) is 29.4 Å². The van der Waals surface area contributed by atoms with Gasteiger partial charge < -0.3 is 15.1 Å². The smallest absolute Gasteiger partial charge is 0.180 e. The van der Waals surface area contributed by atoms with Crippen molar-refractivity contribution in [2.75, 3.05) is 39.8 Å². The molecule has 0 amide bonds. The molecule has 0 aliphatic carbocycles. The highest BCUT2D eigenvalue weighted by atomic mass is 16.3. The van der Waals surface area contributed by atoms with Crippen LogP contribution in [0.1, 0.15) is 23.2 Å². The van der Waals surface area contributed by atoms with Crippen LogP contribution in [0.5, 0.6) is 11.5 Å². The fraction of sp³-hybridized carbons (Fsp3) is 0.533. The molecule has 1 aromatic rings. The number of carbonyl (C=O) groups excluding carboxylic acids is 1. The molecule has 20 heavy (non-hydrogen) atoms. The van der Waals surface area contributed by atoms with E-state index >= 15 is 0 Å². The second-order valence-electron chi connectivity index (χ2n) is 5.41. The molecular weight excluding hydrogens is 256 g/mol. The number of nitrogens with zero attached hydrogens (tertiary/aromatic N) is 2. The molecular formula is C15H22N2O3. The Bertz CT molecular complexity index is 470. The van der Waals surface area contributed by atoms with E-state index in [1.165, 1.54) is 31.0 Å². The maximum Gasteiger partial charge on any atom is 0.180 e. The molecule has 1 fully saturated rings. The van der Waals surface area contributed by atoms with Crippen LogP contribution in [0.2, 0.25) is 0 Å². The zero-order chi connectivity index (χ0) is 14.5. The van der Waals surface area contributed by atoms with Crippen LogP contribution in [0.15, 0.2) is 18.2 Å². The first kappa shape index (κ1) is 14.8. The molecule has 1 saturated heterocycles. The van der Waals surface area contributed by atoms with E-state index in [4.69, 9.17) is 0 Å². The summed E-state index contributed by atoms with van der Waals surface area (Å²) in [4.78, 5) is 16.5. The third-order valence-electron chi connectivity index (χ3n) is 3.69. The van der Waals surface area contributed by atoms with Crippen molar-refractivity contribution in [2.24, 2.45) is 0 Å². The number of hydrogen-bond acceptors (Lipinski definition) is 5. The van der Waals surface area contributed by atoms with E-state index < -0.39 is 0 Å². The summed E-state index contributed by atoms with van der Waals surface area (Å²) in [5, 5.41) is 18.9. The Hall–Kier alpha value is -1.59. The van der Waals surface area contributed by atoms with E-state index in [1.807, 2.05) is 11.9 Å². The highest BCUT2D eigenvalue weighted by Gasteiger charge is 2.16. The number of Topliss-reactive ketones (excluding diaryl/α,β-unsaturated/α-hetero) is 1. The van der Waals surface area contributed by atoms with Crippen LogP contribution in [-0.2, 0) is 0 Å². The lowest BCUT2D eigenvalue weighted by atomic mass is 10.1. The van der Waals surface area contributed by atoms with Gasteiger partial charge in [-0.2, -0.15) is 0 Å². The van der Waals surface area contributed by atoms with E-state index in [9.17, 15) is 15.0 Å². The van der Waals surface area contributed by atoms with Gasteiger partial charge >= 0.3 is 0 Å². The van der Waals surface area contributed by atoms with Gasteiger partial charge in [0.2, 0.25) is 0 Å². The Kier molecular flexibility index (Phi) is 4.98. The predicted molar refractivity (Wildman–Crippen MR) is 77.3 cm³/mol. The molecule has 110 valence electrons. The molecule has 0 spiro atoms. The Morgan fingerprint density at radius 1 is 1.30 bits per heavy atom. The highest BCUT2D eigenvalue weighted by molar-refractivity contribution is 6.00. The lowest BCUT2D eigenvalue weighted by molar-refractivity contribution is 0.0938. The highest BCUT2D eigenvalue weighted by Crippen LogP contribution is 2.23. The van der Waals surface area contributed by atoms with Crippen LogP contribution >= 0.6 is 0 Å². The fourth-order valence-corrected chi connectivity index (χ4v) is 2.48. The minimum absolute atomic E-state index is 0.0403. The first-order chi connectivity index (χ1) is 9.56. The van der Waals surface area contributed by atoms with Gasteiger partial charge in [-0.15, -0.1) is 0 Å². The lowest BCUT2D eigenvalue weighted by Crippen LogP contribution is -2.34. The molecule has 0 atom stereocenters. The average Bonchev–Trinajstić information content (AvgIpc) is 2.89. The number of ketones is 1. The second kappa shape index (κ2) is 6.72. The van der Waals surface area contributed by atoms with Crippen molar-refractivity contribution >= 4 is 5.78 Å². The maximum atomic E-state index is 12.1. The van der Waals surface area contributed by atoms with Crippen molar-refractivity contribution in [1.82, 2.24) is 9.80 Å². The molecule has 5 heteroatoms. The monoisotopic (exact) mass is 278 g/mol. The van der Waals surface area contributed by atoms with Gasteiger partial charge in [0.05, 0.1) is 12.1 Å². The summed E-state index contributed by atoms with van der Waals surface area (Å²) in [6, 6.07) is 4.07. The summed E-state index contributed by atoms with van der Waals surface area (Å²) in [5.41, 5.74) is 0.260. The van der Waals surface area contributed by atoms with Crippen molar-refractivity contribution in [3.8, 4) is 11.5 Å². The van der Waals surface area contributed by atoms with Crippen LogP contribution in [-0.4, -0.2) is 65.6 Å². The normalized spacial score (nSPS) is 15.9. The van der Waals surface area contributed by atoms with Crippen LogP contribution in [0.3, 0.4) is 0 Å². The van der Waals surface area contributed by atoms with Gasteiger partial charge in [-0.3, -0.25) is 9.69 Å². The molecule has 0 aromatic heterocycles. The largest absolute Gasteiger partial charge is 0.508 e. The summed E-state index contributed by atoms with van der Waals surface area (Å²) >= 11 is 0. The van der Waals surface area contributed by atoms with Gasteiger partial charge in [-0.05, 0) is 45.1 Å². The van der Waals surface area contributed by atoms with Crippen molar-refractivity contribution in [2.45, 2.75) is 12.8 Å². The first-order valence-corrected chi connectivity index (χ1v) is 7.02. The standard InChI is InChI=1S/C15H22N2O3/c1-16(8-9-17-6-2-3-7-17)11-15(20)13-5-4-12(18)10-14(13)19/h4-5,10,18-19H,2-3,6-9,11H2,1H3. The zero-order valence-corrected chi connectivity index (χ0v) is 11.9. The molecule has 2 rings (SSSR count). The van der Waals surface area contributed by atoms with Gasteiger partial charge in [0.1, 0.15) is 11.5 Å². The number of hydrogen-bond donors (Lipinski definition) is 2. The van der Waals surface area contributed by atoms with Crippen molar-refractivity contribution in [3.63, 3.8) is 0 Å². The summed E-state index contributed by atoms with van der Waals surface area (Å²) < 4.78 is 0. The Labute approximate surface area is 119 Å². The molecule has 1 aliphatic heterocycles. The van der Waals surface area contributed by atoms with E-state index in [0.29, 0.717) is 0 Å². The molecule has 0 radical (unpaired) electrons. The number of phenols is 2. The van der Waals surface area contributed by atoms with Crippen molar-refractivity contribution < 1.29 is 15.0 Å². The van der Waals surface area contributed by atoms with Gasteiger partial charge in [0, 0.05) is 19.2 Å². The summed E-state index contributed by atoms with van der Waals surface area (Å²) in [6.07, 6.45) is 2.54. The van der Waals surface area contributed by atoms with Crippen molar-refractivity contribution in [3.05, 3.63) is 23.8 Å². The quantitative estimate of drug-likeness (QED) is 0.768. The van der Waals surface area contributed by atoms with Gasteiger partial charge in [-0.25, -0.2) is 0 Å². The minimum atomic E-state index is -0.164. The van der Waals surface area contributed by atoms with E-state index in [2.05, 4.69) is 4.90 Å². The van der Waals surface area contributed by atoms with Crippen LogP contribution in [0.25, 0.3) is 0 Å². The number of aromatic hydroxyl groups is 2. The zero-order valence-electron chi connectivity index (χ0n) is 11.9. The summed E-state index contributed by atoms with van der Waals surface area (Å²) in [6.45, 7) is 4.39. The van der Waals surface area contributed by atoms with Crippen LogP contribution in [0.4, 0.5) is 0 Å². The summed E-state index contributed by atoms with van der Waals surface area (Å²) in [7, 11) is 1.91. The first-order valence-electron chi connectivity index (χ1n) is 7.02. The molecule has 0 bridgehead atoms. The topological polar surface area (TPSA) is 64.0 Å². The number of rotatable bonds is 6. The van der Waals surface area contributed by atoms with Crippen LogP contribution < -0.4 is 0 Å². The SMILES string of the molecule is CN(CCN1CCCC1)CC(=O)c1ccc(O)cc1O. The number of carbonyl (C=O) groups is 1. The minimum Gasteiger partial charge on any atom is -0.508 e. The average molecular weight is 278 g/mol. The molecule has 1 aliphatic rings. The number of benzene rings is 1. The van der Waals surface area contributed by atoms with Gasteiger partial charge in [-0.1, -0.05) is 0 Å². The van der Waals surface area contributed by atoms with Crippen molar-refractivity contribution in [1.29, 1.82) is 0 Å². The number of phenolic OH excluding ortho intramolecular Hbond substituents is 2. The third kappa shape index (κ3) is 3.95. The molecule has 0 unspecified atom stereocenters. The predicted octanol–water partition coefficient (Wildman–Crippen LogP) is 1.31. The molecule has 1 heterocycles. The number of likely N-dealkylation sites (tertiary alicyclic amines) is 1. The lowest BCUT2D eigenvalue weighted by Gasteiger charge is -2.20. The Morgan fingerprint density at radius 2 is 2.00 bits per heavy atom. The molecule has 2 N–H and O–H groups in total. The van der Waals surface area contributed by atoms with Gasteiger partial charge in [0.25, 0.3) is 0 Å². The molecule has 1 aromatic carbocycles. The molecule has 0 saturated carbocycles. The van der Waals surface area contributed by atoms with Crippen LogP contribution in [0, 0.1) is 0 Å². The number of likely N-dealkylation sites (N-methyl/N-ethyl adjacent to an activating group) is 1. The van der Waals surface area contributed by atoms with E-state index in [1.54, 1.807) is 0 Å². The third-order valence-corrected chi connectivity index (χ3v) is 3.69. The van der Waals surface area contributed by atoms with Gasteiger partial charge in [0.15, 0.2) is 5.78 Å². The van der Waals surface area contributed by atoms with E-state index in [0.717, 1.165) is 26.2 Å². The Balaban J connectivity index is 1.83.